The van der Waals surface area contributed by atoms with E-state index in [1.165, 1.54) is 4.88 Å². The van der Waals surface area contributed by atoms with E-state index in [4.69, 9.17) is 17.0 Å². The lowest BCUT2D eigenvalue weighted by Gasteiger charge is -2.08. The van der Waals surface area contributed by atoms with Crippen molar-refractivity contribution in [3.8, 4) is 17.1 Å². The Labute approximate surface area is 143 Å². The Morgan fingerprint density at radius 1 is 1.35 bits per heavy atom. The molecule has 0 amide bonds. The van der Waals surface area contributed by atoms with Gasteiger partial charge in [0, 0.05) is 9.75 Å². The minimum absolute atomic E-state index is 0.441. The zero-order valence-corrected chi connectivity index (χ0v) is 14.4. The molecule has 0 unspecified atom stereocenters. The van der Waals surface area contributed by atoms with Gasteiger partial charge in [0.15, 0.2) is 5.82 Å². The molecule has 0 aliphatic rings. The third kappa shape index (κ3) is 3.40. The summed E-state index contributed by atoms with van der Waals surface area (Å²) in [5, 5.41) is 11.6. The first-order valence-corrected chi connectivity index (χ1v) is 8.42. The van der Waals surface area contributed by atoms with Gasteiger partial charge in [0.2, 0.25) is 4.77 Å². The quantitative estimate of drug-likeness (QED) is 0.556. The molecule has 0 bridgehead atoms. The summed E-state index contributed by atoms with van der Waals surface area (Å²) in [7, 11) is 0. The minimum atomic E-state index is 0.441. The molecule has 0 saturated heterocycles. The van der Waals surface area contributed by atoms with Gasteiger partial charge in [-0.1, -0.05) is 12.1 Å². The summed E-state index contributed by atoms with van der Waals surface area (Å²) < 4.78 is 7.72. The highest BCUT2D eigenvalue weighted by molar-refractivity contribution is 7.71. The molecule has 5 nitrogen and oxygen atoms in total. The number of hydrogen-bond donors (Lipinski definition) is 1. The lowest BCUT2D eigenvalue weighted by Crippen LogP contribution is -1.98. The molecule has 3 aromatic rings. The third-order valence-corrected chi connectivity index (χ3v) is 4.34. The maximum absolute atomic E-state index is 5.67. The van der Waals surface area contributed by atoms with E-state index in [2.05, 4.69) is 28.3 Å². The average Bonchev–Trinajstić information content (AvgIpc) is 3.12. The highest BCUT2D eigenvalue weighted by atomic mass is 32.1. The topological polar surface area (TPSA) is 55.2 Å². The highest BCUT2D eigenvalue weighted by Gasteiger charge is 2.13. The first-order chi connectivity index (χ1) is 11.2. The molecule has 2 aromatic heterocycles. The van der Waals surface area contributed by atoms with E-state index in [0.29, 0.717) is 17.2 Å². The zero-order chi connectivity index (χ0) is 16.2. The van der Waals surface area contributed by atoms with Gasteiger partial charge in [0.25, 0.3) is 0 Å². The number of aromatic nitrogens is 3. The second-order valence-corrected chi connectivity index (χ2v) is 6.49. The van der Waals surface area contributed by atoms with Gasteiger partial charge in [0.05, 0.1) is 18.4 Å². The number of ether oxygens (including phenoxy) is 1. The molecule has 7 heteroatoms. The molecular formula is C16H16N4OS2. The van der Waals surface area contributed by atoms with Crippen LogP contribution in [0, 0.1) is 11.7 Å². The summed E-state index contributed by atoms with van der Waals surface area (Å²) in [6.07, 6.45) is 1.79. The summed E-state index contributed by atoms with van der Waals surface area (Å²) >= 11 is 6.97. The smallest absolute Gasteiger partial charge is 0.216 e. The molecule has 118 valence electrons. The van der Waals surface area contributed by atoms with Gasteiger partial charge in [-0.25, -0.2) is 5.10 Å². The predicted octanol–water partition coefficient (Wildman–Crippen LogP) is 4.26. The van der Waals surface area contributed by atoms with Crippen LogP contribution in [-0.2, 0) is 0 Å². The number of thiophene rings is 1. The Kier molecular flexibility index (Phi) is 4.68. The molecule has 0 spiro atoms. The van der Waals surface area contributed by atoms with Crippen LogP contribution in [-0.4, -0.2) is 27.7 Å². The van der Waals surface area contributed by atoms with E-state index >= 15 is 0 Å². The van der Waals surface area contributed by atoms with Gasteiger partial charge < -0.3 is 4.74 Å². The number of H-pyrrole nitrogens is 1. The van der Waals surface area contributed by atoms with Gasteiger partial charge in [0.1, 0.15) is 5.75 Å². The van der Waals surface area contributed by atoms with E-state index in [1.54, 1.807) is 22.2 Å². The van der Waals surface area contributed by atoms with E-state index in [9.17, 15) is 0 Å². The van der Waals surface area contributed by atoms with Crippen LogP contribution in [0.1, 0.15) is 16.7 Å². The Hall–Kier alpha value is -2.25. The van der Waals surface area contributed by atoms with Crippen LogP contribution in [0.4, 0.5) is 0 Å². The fourth-order valence-corrected chi connectivity index (χ4v) is 3.07. The van der Waals surface area contributed by atoms with E-state index in [0.717, 1.165) is 16.2 Å². The van der Waals surface area contributed by atoms with E-state index in [-0.39, 0.29) is 0 Å². The van der Waals surface area contributed by atoms with Crippen LogP contribution in [0.5, 0.6) is 5.75 Å². The van der Waals surface area contributed by atoms with E-state index < -0.39 is 0 Å². The monoisotopic (exact) mass is 344 g/mol. The number of rotatable bonds is 5. The number of hydrogen-bond acceptors (Lipinski definition) is 5. The zero-order valence-electron chi connectivity index (χ0n) is 12.8. The maximum Gasteiger partial charge on any atom is 0.216 e. The fraction of sp³-hybridized carbons (Fsp3) is 0.188. The SMILES string of the molecule is CCOc1ccccc1-c1n[nH]c(=S)n1/N=C\c1ccc(C)s1. The molecule has 0 aliphatic carbocycles. The van der Waals surface area contributed by atoms with Crippen molar-refractivity contribution in [3.05, 3.63) is 50.9 Å². The highest BCUT2D eigenvalue weighted by Crippen LogP contribution is 2.28. The molecule has 3 rings (SSSR count). The van der Waals surface area contributed by atoms with Gasteiger partial charge in [-0.2, -0.15) is 14.9 Å². The first kappa shape index (κ1) is 15.6. The number of benzene rings is 1. The molecule has 1 aromatic carbocycles. The molecule has 0 atom stereocenters. The molecule has 0 saturated carbocycles. The van der Waals surface area contributed by atoms with Gasteiger partial charge in [-0.15, -0.1) is 11.3 Å². The Morgan fingerprint density at radius 3 is 2.91 bits per heavy atom. The second kappa shape index (κ2) is 6.89. The second-order valence-electron chi connectivity index (χ2n) is 4.79. The number of aryl methyl sites for hydroxylation is 1. The summed E-state index contributed by atoms with van der Waals surface area (Å²) in [5.41, 5.74) is 0.848. The van der Waals surface area contributed by atoms with Crippen LogP contribution in [0.25, 0.3) is 11.4 Å². The van der Waals surface area contributed by atoms with Crippen molar-refractivity contribution in [2.24, 2.45) is 5.10 Å². The molecular weight excluding hydrogens is 328 g/mol. The van der Waals surface area contributed by atoms with Crippen LogP contribution in [0.15, 0.2) is 41.5 Å². The number of aromatic amines is 1. The Bertz CT molecular complexity index is 891. The standard InChI is InChI=1S/C16H16N4OS2/c1-3-21-14-7-5-4-6-13(14)15-18-19-16(22)20(15)17-10-12-9-8-11(2)23-12/h4-10H,3H2,1-2H3,(H,19,22)/b17-10-. The van der Waals surface area contributed by atoms with Crippen LogP contribution >= 0.6 is 23.6 Å². The van der Waals surface area contributed by atoms with Crippen LogP contribution in [0.2, 0.25) is 0 Å². The van der Waals surface area contributed by atoms with Gasteiger partial charge >= 0.3 is 0 Å². The minimum Gasteiger partial charge on any atom is -0.493 e. The lowest BCUT2D eigenvalue weighted by molar-refractivity contribution is 0.341. The third-order valence-electron chi connectivity index (χ3n) is 3.14. The molecule has 0 fully saturated rings. The molecule has 0 aliphatic heterocycles. The number of para-hydroxylation sites is 1. The maximum atomic E-state index is 5.67. The van der Waals surface area contributed by atoms with Crippen LogP contribution < -0.4 is 4.74 Å². The van der Waals surface area contributed by atoms with Crippen molar-refractivity contribution in [1.29, 1.82) is 0 Å². The molecule has 2 heterocycles. The first-order valence-electron chi connectivity index (χ1n) is 7.19. The fourth-order valence-electron chi connectivity index (χ4n) is 2.14. The largest absolute Gasteiger partial charge is 0.493 e. The van der Waals surface area contributed by atoms with Crippen molar-refractivity contribution >= 4 is 29.8 Å². The van der Waals surface area contributed by atoms with Crippen molar-refractivity contribution in [1.82, 2.24) is 14.9 Å². The average molecular weight is 344 g/mol. The van der Waals surface area contributed by atoms with Crippen molar-refractivity contribution in [2.75, 3.05) is 6.61 Å². The summed E-state index contributed by atoms with van der Waals surface area (Å²) in [5.74, 6) is 1.39. The summed E-state index contributed by atoms with van der Waals surface area (Å²) in [6.45, 7) is 4.60. The predicted molar refractivity (Wildman–Crippen MR) is 96.1 cm³/mol. The van der Waals surface area contributed by atoms with Gasteiger partial charge in [-0.05, 0) is 50.3 Å². The summed E-state index contributed by atoms with van der Waals surface area (Å²) in [4.78, 5) is 2.30. The summed E-state index contributed by atoms with van der Waals surface area (Å²) in [6, 6.07) is 11.8. The molecule has 0 radical (unpaired) electrons. The molecule has 23 heavy (non-hydrogen) atoms. The normalized spacial score (nSPS) is 11.2. The molecule has 1 N–H and O–H groups in total. The Balaban J connectivity index is 2.02. The number of nitrogens with zero attached hydrogens (tertiary/aromatic N) is 3. The van der Waals surface area contributed by atoms with Crippen molar-refractivity contribution < 1.29 is 4.74 Å². The van der Waals surface area contributed by atoms with Crippen molar-refractivity contribution in [3.63, 3.8) is 0 Å². The Morgan fingerprint density at radius 2 is 2.17 bits per heavy atom. The van der Waals surface area contributed by atoms with Gasteiger partial charge in [-0.3, -0.25) is 0 Å². The lowest BCUT2D eigenvalue weighted by atomic mass is 10.2. The number of nitrogens with one attached hydrogen (secondary N) is 1. The van der Waals surface area contributed by atoms with Crippen LogP contribution in [0.3, 0.4) is 0 Å². The van der Waals surface area contributed by atoms with E-state index in [1.807, 2.05) is 37.3 Å². The van der Waals surface area contributed by atoms with Crippen molar-refractivity contribution in [2.45, 2.75) is 13.8 Å².